The van der Waals surface area contributed by atoms with E-state index in [4.69, 9.17) is 16.7 Å². The van der Waals surface area contributed by atoms with Crippen molar-refractivity contribution in [2.45, 2.75) is 26.7 Å². The summed E-state index contributed by atoms with van der Waals surface area (Å²) in [6.45, 7) is 3.41. The summed E-state index contributed by atoms with van der Waals surface area (Å²) in [5.41, 5.74) is 5.80. The summed E-state index contributed by atoms with van der Waals surface area (Å²) in [7, 11) is 1.73. The summed E-state index contributed by atoms with van der Waals surface area (Å²) in [6, 6.07) is 5.13. The molecule has 1 aliphatic rings. The Hall–Kier alpha value is -3.10. The predicted molar refractivity (Wildman–Crippen MR) is 125 cm³/mol. The molecule has 9 heteroatoms. The maximum absolute atomic E-state index is 11.5. The smallest absolute Gasteiger partial charge is 0.223 e. The third-order valence-electron chi connectivity index (χ3n) is 4.98. The fourth-order valence-electron chi connectivity index (χ4n) is 3.66. The van der Waals surface area contributed by atoms with Crippen LogP contribution in [0.25, 0.3) is 21.8 Å². The second kappa shape index (κ2) is 8.56. The van der Waals surface area contributed by atoms with E-state index in [2.05, 4.69) is 15.3 Å². The average molecular weight is 454 g/mol. The number of thiazole rings is 1. The lowest BCUT2D eigenvalue weighted by atomic mass is 9.95. The van der Waals surface area contributed by atoms with Gasteiger partial charge in [0.2, 0.25) is 5.91 Å². The van der Waals surface area contributed by atoms with Crippen LogP contribution in [0.1, 0.15) is 41.2 Å². The van der Waals surface area contributed by atoms with Crippen LogP contribution in [0, 0.1) is 0 Å². The highest BCUT2D eigenvalue weighted by atomic mass is 35.5. The summed E-state index contributed by atoms with van der Waals surface area (Å²) in [6.07, 6.45) is 6.02. The molecule has 0 aliphatic heterocycles. The molecule has 7 nitrogen and oxygen atoms in total. The molecule has 0 unspecified atom stereocenters. The van der Waals surface area contributed by atoms with Crippen molar-refractivity contribution in [2.75, 3.05) is 12.4 Å². The van der Waals surface area contributed by atoms with Crippen LogP contribution in [0.3, 0.4) is 0 Å². The number of amides is 1. The van der Waals surface area contributed by atoms with E-state index in [0.717, 1.165) is 52.2 Å². The van der Waals surface area contributed by atoms with E-state index in [-0.39, 0.29) is 5.91 Å². The number of nitrogens with one attached hydrogen (secondary N) is 1. The molecule has 0 saturated carbocycles. The van der Waals surface area contributed by atoms with Crippen molar-refractivity contribution >= 4 is 52.1 Å². The number of allylic oxidation sites excluding steroid dienone is 2. The summed E-state index contributed by atoms with van der Waals surface area (Å²) in [5.74, 6) is -0.164. The number of hydrogen-bond donors (Lipinski definition) is 1. The Kier molecular flexibility index (Phi) is 5.84. The Morgan fingerprint density at radius 2 is 2.16 bits per heavy atom. The van der Waals surface area contributed by atoms with E-state index in [1.54, 1.807) is 31.5 Å². The average Bonchev–Trinajstić information content (AvgIpc) is 3.32. The normalized spacial score (nSPS) is 13.2. The molecule has 158 valence electrons. The number of carbonyl (C=O) groups is 2. The van der Waals surface area contributed by atoms with Gasteiger partial charge >= 0.3 is 0 Å². The maximum atomic E-state index is 11.5. The monoisotopic (exact) mass is 453 g/mol. The highest BCUT2D eigenvalue weighted by Crippen LogP contribution is 2.43. The fourth-order valence-corrected chi connectivity index (χ4v) is 5.04. The molecule has 1 amide bonds. The second-order valence-corrected chi connectivity index (χ2v) is 8.43. The Labute approximate surface area is 188 Å². The topological polar surface area (TPSA) is 89.2 Å². The number of nitrogens with zero attached hydrogens (tertiary/aromatic N) is 4. The fraction of sp³-hybridized carbons (Fsp3) is 0.227. The van der Waals surface area contributed by atoms with Gasteiger partial charge in [-0.25, -0.2) is 9.67 Å². The third-order valence-corrected chi connectivity index (χ3v) is 6.30. The van der Waals surface area contributed by atoms with Gasteiger partial charge in [-0.3, -0.25) is 14.6 Å². The van der Waals surface area contributed by atoms with Crippen LogP contribution < -0.4 is 5.32 Å². The number of aryl methyl sites for hydroxylation is 1. The summed E-state index contributed by atoms with van der Waals surface area (Å²) in [4.78, 5) is 32.4. The van der Waals surface area contributed by atoms with Crippen molar-refractivity contribution in [2.24, 2.45) is 4.99 Å². The zero-order chi connectivity index (χ0) is 22.1. The zero-order valence-electron chi connectivity index (χ0n) is 17.3. The van der Waals surface area contributed by atoms with Crippen LogP contribution in [-0.4, -0.2) is 40.2 Å². The van der Waals surface area contributed by atoms with Crippen LogP contribution >= 0.6 is 22.9 Å². The molecule has 0 radical (unpaired) electrons. The number of aliphatic imine (C=N–C) groups is 1. The van der Waals surface area contributed by atoms with E-state index in [1.165, 1.54) is 18.3 Å². The summed E-state index contributed by atoms with van der Waals surface area (Å²) < 4.78 is 1.81. The zero-order valence-corrected chi connectivity index (χ0v) is 18.8. The molecule has 1 aromatic carbocycles. The van der Waals surface area contributed by atoms with E-state index in [9.17, 15) is 9.59 Å². The molecular weight excluding hydrogens is 434 g/mol. The highest BCUT2D eigenvalue weighted by molar-refractivity contribution is 7.19. The molecule has 0 bridgehead atoms. The molecular formula is C22H20ClN5O2S. The molecule has 1 N–H and O–H groups in total. The maximum Gasteiger partial charge on any atom is 0.223 e. The first kappa shape index (κ1) is 21.1. The van der Waals surface area contributed by atoms with Gasteiger partial charge in [0.25, 0.3) is 0 Å². The van der Waals surface area contributed by atoms with Gasteiger partial charge in [-0.05, 0) is 38.0 Å². The van der Waals surface area contributed by atoms with Crippen LogP contribution in [-0.2, 0) is 17.6 Å². The minimum absolute atomic E-state index is 0.164. The number of aromatic nitrogens is 3. The van der Waals surface area contributed by atoms with Gasteiger partial charge in [0.05, 0.1) is 32.7 Å². The van der Waals surface area contributed by atoms with Gasteiger partial charge in [0.15, 0.2) is 5.13 Å². The predicted octanol–water partition coefficient (Wildman–Crippen LogP) is 4.62. The molecule has 2 heterocycles. The van der Waals surface area contributed by atoms with Gasteiger partial charge in [0, 0.05) is 36.9 Å². The highest BCUT2D eigenvalue weighted by Gasteiger charge is 2.30. The van der Waals surface area contributed by atoms with Crippen LogP contribution in [0.5, 0.6) is 0 Å². The Morgan fingerprint density at radius 1 is 1.35 bits per heavy atom. The van der Waals surface area contributed by atoms with Gasteiger partial charge in [-0.2, -0.15) is 5.10 Å². The number of hydrogen-bond acceptors (Lipinski definition) is 6. The lowest BCUT2D eigenvalue weighted by molar-refractivity contribution is -0.114. The van der Waals surface area contributed by atoms with E-state index < -0.39 is 0 Å². The summed E-state index contributed by atoms with van der Waals surface area (Å²) >= 11 is 7.96. The molecule has 0 fully saturated rings. The largest absolute Gasteiger partial charge is 0.302 e. The SMILES string of the molecule is C/C=C(\C=NC)c1nn(-c2ccc(C=O)cc2Cl)c2c1CCc1nc(NC(C)=O)sc1-2. The van der Waals surface area contributed by atoms with Gasteiger partial charge < -0.3 is 5.32 Å². The lowest BCUT2D eigenvalue weighted by Gasteiger charge is -2.15. The van der Waals surface area contributed by atoms with Crippen molar-refractivity contribution < 1.29 is 9.59 Å². The number of benzene rings is 1. The third kappa shape index (κ3) is 3.84. The Morgan fingerprint density at radius 3 is 2.81 bits per heavy atom. The van der Waals surface area contributed by atoms with Crippen LogP contribution in [0.4, 0.5) is 5.13 Å². The van der Waals surface area contributed by atoms with Crippen molar-refractivity contribution in [3.8, 4) is 16.3 Å². The quantitative estimate of drug-likeness (QED) is 0.450. The van der Waals surface area contributed by atoms with E-state index in [1.807, 2.05) is 17.7 Å². The number of anilines is 1. The van der Waals surface area contributed by atoms with Crippen molar-refractivity contribution in [3.63, 3.8) is 0 Å². The first-order valence-electron chi connectivity index (χ1n) is 9.70. The molecule has 0 spiro atoms. The number of rotatable bonds is 5. The summed E-state index contributed by atoms with van der Waals surface area (Å²) in [5, 5.41) is 8.68. The number of aldehydes is 1. The lowest BCUT2D eigenvalue weighted by Crippen LogP contribution is -2.07. The van der Waals surface area contributed by atoms with Crippen molar-refractivity contribution in [1.82, 2.24) is 14.8 Å². The minimum Gasteiger partial charge on any atom is -0.302 e. The standard InChI is InChI=1S/C22H20ClN5O2S/c1-4-14(10-24-3)19-15-6-7-17-21(31-22(26-17)25-12(2)30)20(15)28(27-19)18-8-5-13(11-29)9-16(18)23/h4-5,8-11H,6-7H2,1-3H3,(H,25,26,30)/b14-4+,24-10?. The Bertz CT molecular complexity index is 1260. The van der Waals surface area contributed by atoms with Crippen LogP contribution in [0.15, 0.2) is 29.3 Å². The number of fused-ring (bicyclic) bond motifs is 3. The van der Waals surface area contributed by atoms with E-state index >= 15 is 0 Å². The molecule has 4 rings (SSSR count). The minimum atomic E-state index is -0.164. The van der Waals surface area contributed by atoms with Gasteiger partial charge in [-0.15, -0.1) is 0 Å². The second-order valence-electron chi connectivity index (χ2n) is 7.02. The van der Waals surface area contributed by atoms with Gasteiger partial charge in [0.1, 0.15) is 6.29 Å². The number of halogens is 1. The molecule has 3 aromatic rings. The van der Waals surface area contributed by atoms with Gasteiger partial charge in [-0.1, -0.05) is 29.0 Å². The van der Waals surface area contributed by atoms with Crippen molar-refractivity contribution in [3.05, 3.63) is 51.8 Å². The molecule has 0 atom stereocenters. The first-order chi connectivity index (χ1) is 15.0. The molecule has 31 heavy (non-hydrogen) atoms. The molecule has 1 aliphatic carbocycles. The molecule has 2 aromatic heterocycles. The van der Waals surface area contributed by atoms with E-state index in [0.29, 0.717) is 21.4 Å². The molecule has 0 saturated heterocycles. The van der Waals surface area contributed by atoms with Crippen LogP contribution in [0.2, 0.25) is 5.02 Å². The number of carbonyl (C=O) groups excluding carboxylic acids is 2. The first-order valence-corrected chi connectivity index (χ1v) is 10.9. The Balaban J connectivity index is 1.98. The van der Waals surface area contributed by atoms with Crippen molar-refractivity contribution in [1.29, 1.82) is 0 Å².